The van der Waals surface area contributed by atoms with Gasteiger partial charge < -0.3 is 9.47 Å². The number of hydrogen-bond donors (Lipinski definition) is 0. The van der Waals surface area contributed by atoms with Gasteiger partial charge in [-0.15, -0.1) is 0 Å². The third kappa shape index (κ3) is 4.43. The van der Waals surface area contributed by atoms with Gasteiger partial charge in [-0.1, -0.05) is 6.07 Å². The Morgan fingerprint density at radius 2 is 1.96 bits per heavy atom. The second-order valence-corrected chi connectivity index (χ2v) is 6.71. The molecule has 0 aromatic carbocycles. The number of rotatable bonds is 5. The Kier molecular flexibility index (Phi) is 5.86. The van der Waals surface area contributed by atoms with Gasteiger partial charge in [-0.25, -0.2) is 4.98 Å². The largest absolute Gasteiger partial charge is 0.481 e. The molecule has 0 amide bonds. The van der Waals surface area contributed by atoms with Crippen LogP contribution in [0.1, 0.15) is 25.3 Å². The molecule has 2 fully saturated rings. The molecule has 128 valence electrons. The first-order valence-electron chi connectivity index (χ1n) is 8.79. The molecule has 1 aromatic heterocycles. The Balaban J connectivity index is 1.45. The van der Waals surface area contributed by atoms with Crippen LogP contribution in [0.4, 0.5) is 0 Å². The highest BCUT2D eigenvalue weighted by Gasteiger charge is 2.28. The lowest BCUT2D eigenvalue weighted by atomic mass is 9.89. The molecule has 5 heteroatoms. The summed E-state index contributed by atoms with van der Waals surface area (Å²) >= 11 is 0. The van der Waals surface area contributed by atoms with Gasteiger partial charge in [-0.2, -0.15) is 0 Å². The number of aromatic nitrogens is 1. The average molecular weight is 319 g/mol. The summed E-state index contributed by atoms with van der Waals surface area (Å²) in [7, 11) is 1.66. The lowest BCUT2D eigenvalue weighted by Gasteiger charge is -2.41. The third-order valence-electron chi connectivity index (χ3n) is 5.35. The molecule has 0 aliphatic carbocycles. The van der Waals surface area contributed by atoms with Crippen molar-refractivity contribution in [1.82, 2.24) is 14.8 Å². The molecular weight excluding hydrogens is 290 g/mol. The van der Waals surface area contributed by atoms with E-state index in [2.05, 4.69) is 27.8 Å². The number of methoxy groups -OCH3 is 1. The van der Waals surface area contributed by atoms with Crippen LogP contribution in [0.15, 0.2) is 18.3 Å². The summed E-state index contributed by atoms with van der Waals surface area (Å²) in [6.45, 7) is 9.75. The standard InChI is InChI=1S/C18H29N3O2/c1-15(21-9-11-23-12-10-21)17-5-7-20(8-6-17)14-16-3-4-18(22-2)19-13-16/h3-4,13,15,17H,5-12,14H2,1-2H3/t15-/m1/s1. The summed E-state index contributed by atoms with van der Waals surface area (Å²) in [6.07, 6.45) is 4.52. The predicted molar refractivity (Wildman–Crippen MR) is 90.6 cm³/mol. The van der Waals surface area contributed by atoms with Crippen LogP contribution in [0.5, 0.6) is 5.88 Å². The highest BCUT2D eigenvalue weighted by Crippen LogP contribution is 2.25. The summed E-state index contributed by atoms with van der Waals surface area (Å²) in [5.41, 5.74) is 1.27. The van der Waals surface area contributed by atoms with Gasteiger partial charge in [0.1, 0.15) is 0 Å². The Bertz CT molecular complexity index is 466. The number of nitrogens with zero attached hydrogens (tertiary/aromatic N) is 3. The molecule has 0 unspecified atom stereocenters. The van der Waals surface area contributed by atoms with E-state index in [9.17, 15) is 0 Å². The molecule has 0 bridgehead atoms. The van der Waals surface area contributed by atoms with Gasteiger partial charge in [0.15, 0.2) is 0 Å². The first-order valence-corrected chi connectivity index (χ1v) is 8.79. The predicted octanol–water partition coefficient (Wildman–Crippen LogP) is 2.02. The molecule has 2 aliphatic heterocycles. The molecule has 1 atom stereocenters. The van der Waals surface area contributed by atoms with Gasteiger partial charge in [0, 0.05) is 37.9 Å². The minimum absolute atomic E-state index is 0.684. The van der Waals surface area contributed by atoms with Crippen molar-refractivity contribution in [2.45, 2.75) is 32.4 Å². The summed E-state index contributed by atoms with van der Waals surface area (Å²) in [4.78, 5) is 9.46. The quantitative estimate of drug-likeness (QED) is 0.830. The molecular formula is C18H29N3O2. The fourth-order valence-electron chi connectivity index (χ4n) is 3.76. The van der Waals surface area contributed by atoms with Crippen molar-refractivity contribution in [3.05, 3.63) is 23.9 Å². The first-order chi connectivity index (χ1) is 11.3. The lowest BCUT2D eigenvalue weighted by molar-refractivity contribution is -0.00192. The maximum absolute atomic E-state index is 5.47. The highest BCUT2D eigenvalue weighted by molar-refractivity contribution is 5.17. The Morgan fingerprint density at radius 1 is 1.22 bits per heavy atom. The molecule has 3 rings (SSSR count). The van der Waals surface area contributed by atoms with Gasteiger partial charge >= 0.3 is 0 Å². The summed E-state index contributed by atoms with van der Waals surface area (Å²) < 4.78 is 10.6. The van der Waals surface area contributed by atoms with Crippen LogP contribution >= 0.6 is 0 Å². The van der Waals surface area contributed by atoms with Gasteiger partial charge in [0.25, 0.3) is 0 Å². The number of ether oxygens (including phenoxy) is 2. The Morgan fingerprint density at radius 3 is 2.57 bits per heavy atom. The molecule has 23 heavy (non-hydrogen) atoms. The molecule has 5 nitrogen and oxygen atoms in total. The highest BCUT2D eigenvalue weighted by atomic mass is 16.5. The molecule has 0 spiro atoms. The van der Waals surface area contributed by atoms with Gasteiger partial charge in [0.2, 0.25) is 5.88 Å². The zero-order chi connectivity index (χ0) is 16.1. The molecule has 2 saturated heterocycles. The minimum atomic E-state index is 0.684. The normalized spacial score (nSPS) is 22.9. The van der Waals surface area contributed by atoms with E-state index in [1.54, 1.807) is 7.11 Å². The second-order valence-electron chi connectivity index (χ2n) is 6.71. The topological polar surface area (TPSA) is 37.8 Å². The van der Waals surface area contributed by atoms with Crippen molar-refractivity contribution in [2.24, 2.45) is 5.92 Å². The monoisotopic (exact) mass is 319 g/mol. The summed E-state index contributed by atoms with van der Waals surface area (Å²) in [5.74, 6) is 1.50. The molecule has 3 heterocycles. The van der Waals surface area contributed by atoms with Gasteiger partial charge in [0.05, 0.1) is 20.3 Å². The summed E-state index contributed by atoms with van der Waals surface area (Å²) in [6, 6.07) is 4.75. The fourth-order valence-corrected chi connectivity index (χ4v) is 3.76. The van der Waals surface area contributed by atoms with Crippen molar-refractivity contribution in [2.75, 3.05) is 46.5 Å². The van der Waals surface area contributed by atoms with E-state index in [0.29, 0.717) is 11.9 Å². The van der Waals surface area contributed by atoms with E-state index < -0.39 is 0 Å². The van der Waals surface area contributed by atoms with Crippen LogP contribution in [0.25, 0.3) is 0 Å². The van der Waals surface area contributed by atoms with Crippen molar-refractivity contribution in [3.63, 3.8) is 0 Å². The van der Waals surface area contributed by atoms with Crippen LogP contribution < -0.4 is 4.74 Å². The van der Waals surface area contributed by atoms with Crippen molar-refractivity contribution in [3.8, 4) is 5.88 Å². The van der Waals surface area contributed by atoms with Crippen LogP contribution in [-0.2, 0) is 11.3 Å². The second kappa shape index (κ2) is 8.08. The summed E-state index contributed by atoms with van der Waals surface area (Å²) in [5, 5.41) is 0. The fraction of sp³-hybridized carbons (Fsp3) is 0.722. The molecule has 0 radical (unpaired) electrons. The van der Waals surface area contributed by atoms with Crippen LogP contribution in [0.3, 0.4) is 0 Å². The van der Waals surface area contributed by atoms with Crippen molar-refractivity contribution < 1.29 is 9.47 Å². The van der Waals surface area contributed by atoms with Crippen molar-refractivity contribution in [1.29, 1.82) is 0 Å². The number of likely N-dealkylation sites (tertiary alicyclic amines) is 1. The molecule has 0 N–H and O–H groups in total. The van der Waals surface area contributed by atoms with Gasteiger partial charge in [-0.3, -0.25) is 9.80 Å². The zero-order valence-electron chi connectivity index (χ0n) is 14.4. The Labute approximate surface area is 139 Å². The van der Waals surface area contributed by atoms with E-state index in [1.165, 1.54) is 31.5 Å². The van der Waals surface area contributed by atoms with Crippen LogP contribution in [-0.4, -0.2) is 67.3 Å². The minimum Gasteiger partial charge on any atom is -0.481 e. The maximum Gasteiger partial charge on any atom is 0.212 e. The molecule has 0 saturated carbocycles. The van der Waals surface area contributed by atoms with E-state index in [0.717, 1.165) is 38.8 Å². The lowest BCUT2D eigenvalue weighted by Crippen LogP contribution is -2.48. The smallest absolute Gasteiger partial charge is 0.212 e. The van der Waals surface area contributed by atoms with E-state index in [4.69, 9.17) is 9.47 Å². The number of morpholine rings is 1. The van der Waals surface area contributed by atoms with Gasteiger partial charge in [-0.05, 0) is 44.3 Å². The maximum atomic E-state index is 5.47. The third-order valence-corrected chi connectivity index (χ3v) is 5.35. The Hall–Kier alpha value is -1.17. The molecule has 2 aliphatic rings. The molecule has 1 aromatic rings. The van der Waals surface area contributed by atoms with Crippen LogP contribution in [0, 0.1) is 5.92 Å². The van der Waals surface area contributed by atoms with Crippen molar-refractivity contribution >= 4 is 0 Å². The zero-order valence-corrected chi connectivity index (χ0v) is 14.4. The number of hydrogen-bond acceptors (Lipinski definition) is 5. The van der Waals surface area contributed by atoms with E-state index >= 15 is 0 Å². The van der Waals surface area contributed by atoms with E-state index in [1.807, 2.05) is 12.3 Å². The number of piperidine rings is 1. The number of pyridine rings is 1. The SMILES string of the molecule is COc1ccc(CN2CCC([C@@H](C)N3CCOCC3)CC2)cn1. The van der Waals surface area contributed by atoms with E-state index in [-0.39, 0.29) is 0 Å². The average Bonchev–Trinajstić information content (AvgIpc) is 2.63. The van der Waals surface area contributed by atoms with Crippen LogP contribution in [0.2, 0.25) is 0 Å². The first kappa shape index (κ1) is 16.7.